The maximum absolute atomic E-state index is 12.8. The monoisotopic (exact) mass is 377 g/mol. The maximum atomic E-state index is 12.8. The first-order valence-corrected chi connectivity index (χ1v) is 9.29. The first-order valence-electron chi connectivity index (χ1n) is 9.29. The van der Waals surface area contributed by atoms with Crippen LogP contribution in [0.3, 0.4) is 0 Å². The molecule has 3 heterocycles. The second kappa shape index (κ2) is 7.77. The normalized spacial score (nSPS) is 15.0. The van der Waals surface area contributed by atoms with Crippen LogP contribution in [0.4, 0.5) is 5.82 Å². The molecule has 8 nitrogen and oxygen atoms in total. The molecule has 1 saturated heterocycles. The number of nitrogens with zero attached hydrogens (tertiary/aromatic N) is 5. The predicted octanol–water partition coefficient (Wildman–Crippen LogP) is 1.72. The van der Waals surface area contributed by atoms with Gasteiger partial charge in [-0.1, -0.05) is 12.1 Å². The summed E-state index contributed by atoms with van der Waals surface area (Å²) in [5.74, 6) is 1.41. The number of pyridine rings is 1. The van der Waals surface area contributed by atoms with Crippen LogP contribution in [0.5, 0.6) is 0 Å². The van der Waals surface area contributed by atoms with E-state index < -0.39 is 0 Å². The van der Waals surface area contributed by atoms with E-state index in [4.69, 9.17) is 5.73 Å². The van der Waals surface area contributed by atoms with Gasteiger partial charge in [0, 0.05) is 43.0 Å². The van der Waals surface area contributed by atoms with Gasteiger partial charge in [-0.15, -0.1) is 0 Å². The van der Waals surface area contributed by atoms with Crippen molar-refractivity contribution in [1.82, 2.24) is 30.0 Å². The molecule has 0 unspecified atom stereocenters. The van der Waals surface area contributed by atoms with E-state index in [2.05, 4.69) is 25.1 Å². The number of nitrogens with two attached hydrogens (primary N) is 1. The van der Waals surface area contributed by atoms with E-state index in [-0.39, 0.29) is 5.91 Å². The molecule has 1 amide bonds. The molecular weight excluding hydrogens is 354 g/mol. The topological polar surface area (TPSA) is 104 Å². The van der Waals surface area contributed by atoms with Crippen LogP contribution < -0.4 is 5.73 Å². The number of piperazine rings is 1. The van der Waals surface area contributed by atoms with Crippen molar-refractivity contribution in [2.75, 3.05) is 31.9 Å². The molecule has 2 aromatic heterocycles. The van der Waals surface area contributed by atoms with Crippen LogP contribution in [0.25, 0.3) is 11.1 Å². The minimum Gasteiger partial charge on any atom is -0.383 e. The Kier molecular flexibility index (Phi) is 5.03. The van der Waals surface area contributed by atoms with E-state index in [1.165, 1.54) is 6.33 Å². The molecule has 28 heavy (non-hydrogen) atoms. The number of anilines is 1. The highest BCUT2D eigenvalue weighted by Crippen LogP contribution is 2.25. The third-order valence-electron chi connectivity index (χ3n) is 5.00. The number of nitrogen functional groups attached to an aromatic ring is 1. The molecule has 1 aliphatic rings. The lowest BCUT2D eigenvalue weighted by Gasteiger charge is -2.34. The van der Waals surface area contributed by atoms with E-state index in [0.717, 1.165) is 42.3 Å². The van der Waals surface area contributed by atoms with E-state index >= 15 is 0 Å². The molecule has 0 aliphatic carbocycles. The number of carbonyl (C=O) groups excluding carboxylic acids is 1. The van der Waals surface area contributed by atoms with Gasteiger partial charge < -0.3 is 10.6 Å². The fourth-order valence-electron chi connectivity index (χ4n) is 3.42. The number of amides is 1. The van der Waals surface area contributed by atoms with E-state index in [1.54, 1.807) is 0 Å². The number of aromatic nitrogens is 4. The predicted molar refractivity (Wildman–Crippen MR) is 106 cm³/mol. The van der Waals surface area contributed by atoms with Crippen molar-refractivity contribution >= 4 is 11.7 Å². The van der Waals surface area contributed by atoms with Crippen molar-refractivity contribution in [2.45, 2.75) is 13.5 Å². The van der Waals surface area contributed by atoms with E-state index in [0.29, 0.717) is 24.5 Å². The highest BCUT2D eigenvalue weighted by molar-refractivity contribution is 5.95. The third kappa shape index (κ3) is 3.86. The molecule has 0 saturated carbocycles. The zero-order valence-electron chi connectivity index (χ0n) is 15.8. The Labute approximate surface area is 163 Å². The molecule has 8 heteroatoms. The molecule has 1 aliphatic heterocycles. The Morgan fingerprint density at radius 2 is 1.86 bits per heavy atom. The number of hydrogen-bond acceptors (Lipinski definition) is 6. The second-order valence-electron chi connectivity index (χ2n) is 6.96. The number of carbonyl (C=O) groups is 1. The highest BCUT2D eigenvalue weighted by Gasteiger charge is 2.22. The van der Waals surface area contributed by atoms with Crippen LogP contribution in [0, 0.1) is 6.92 Å². The van der Waals surface area contributed by atoms with Crippen LogP contribution >= 0.6 is 0 Å². The summed E-state index contributed by atoms with van der Waals surface area (Å²) in [7, 11) is 0. The van der Waals surface area contributed by atoms with Crippen LogP contribution in [0.2, 0.25) is 0 Å². The van der Waals surface area contributed by atoms with E-state index in [1.807, 2.05) is 48.2 Å². The summed E-state index contributed by atoms with van der Waals surface area (Å²) in [6, 6.07) is 11.5. The van der Waals surface area contributed by atoms with Gasteiger partial charge in [-0.25, -0.2) is 9.97 Å². The summed E-state index contributed by atoms with van der Waals surface area (Å²) >= 11 is 0. The summed E-state index contributed by atoms with van der Waals surface area (Å²) in [5.41, 5.74) is 9.44. The minimum absolute atomic E-state index is 0.0564. The van der Waals surface area contributed by atoms with Gasteiger partial charge in [0.25, 0.3) is 5.91 Å². The number of benzene rings is 1. The van der Waals surface area contributed by atoms with Crippen LogP contribution in [0.15, 0.2) is 42.7 Å². The molecule has 0 atom stereocenters. The summed E-state index contributed by atoms with van der Waals surface area (Å²) in [6.45, 7) is 5.66. The van der Waals surface area contributed by atoms with Gasteiger partial charge in [0.2, 0.25) is 0 Å². The summed E-state index contributed by atoms with van der Waals surface area (Å²) < 4.78 is 0. The number of hydrogen-bond donors (Lipinski definition) is 2. The number of aromatic amines is 1. The lowest BCUT2D eigenvalue weighted by Crippen LogP contribution is -2.48. The Hall–Kier alpha value is -3.26. The lowest BCUT2D eigenvalue weighted by atomic mass is 10.0. The summed E-state index contributed by atoms with van der Waals surface area (Å²) in [6.07, 6.45) is 1.51. The molecule has 1 aromatic carbocycles. The smallest absolute Gasteiger partial charge is 0.253 e. The molecule has 3 aromatic rings. The molecular formula is C20H23N7O. The first kappa shape index (κ1) is 18.1. The molecule has 144 valence electrons. The number of H-pyrrole nitrogens is 1. The average Bonchev–Trinajstić information content (AvgIpc) is 3.21. The number of rotatable bonds is 4. The second-order valence-corrected chi connectivity index (χ2v) is 6.96. The molecule has 0 spiro atoms. The summed E-state index contributed by atoms with van der Waals surface area (Å²) in [5, 5.41) is 6.74. The summed E-state index contributed by atoms with van der Waals surface area (Å²) in [4.78, 5) is 25.4. The van der Waals surface area contributed by atoms with Crippen molar-refractivity contribution in [3.05, 3.63) is 59.8 Å². The van der Waals surface area contributed by atoms with Gasteiger partial charge in [-0.05, 0) is 36.8 Å². The Morgan fingerprint density at radius 3 is 2.50 bits per heavy atom. The molecule has 3 N–H and O–H groups in total. The van der Waals surface area contributed by atoms with Gasteiger partial charge in [-0.3, -0.25) is 14.8 Å². The van der Waals surface area contributed by atoms with Crippen LogP contribution in [0.1, 0.15) is 21.9 Å². The van der Waals surface area contributed by atoms with Gasteiger partial charge in [-0.2, -0.15) is 5.10 Å². The zero-order valence-corrected chi connectivity index (χ0v) is 15.8. The molecule has 0 radical (unpaired) electrons. The van der Waals surface area contributed by atoms with Gasteiger partial charge in [0.1, 0.15) is 18.0 Å². The highest BCUT2D eigenvalue weighted by atomic mass is 16.2. The van der Waals surface area contributed by atoms with Crippen molar-refractivity contribution in [1.29, 1.82) is 0 Å². The van der Waals surface area contributed by atoms with Gasteiger partial charge in [0.05, 0.1) is 6.54 Å². The lowest BCUT2D eigenvalue weighted by molar-refractivity contribution is 0.0625. The van der Waals surface area contributed by atoms with Gasteiger partial charge in [0.15, 0.2) is 0 Å². The molecule has 1 fully saturated rings. The van der Waals surface area contributed by atoms with Crippen molar-refractivity contribution in [3.8, 4) is 11.1 Å². The fourth-order valence-corrected chi connectivity index (χ4v) is 3.42. The quantitative estimate of drug-likeness (QED) is 0.717. The largest absolute Gasteiger partial charge is 0.383 e. The third-order valence-corrected chi connectivity index (χ3v) is 5.00. The molecule has 0 bridgehead atoms. The Bertz CT molecular complexity index is 945. The fraction of sp³-hybridized carbons (Fsp3) is 0.300. The van der Waals surface area contributed by atoms with Crippen molar-refractivity contribution < 1.29 is 4.79 Å². The first-order chi connectivity index (χ1) is 13.6. The van der Waals surface area contributed by atoms with Crippen molar-refractivity contribution in [3.63, 3.8) is 0 Å². The number of aryl methyl sites for hydroxylation is 1. The standard InChI is InChI=1S/C20H23N7O/c1-14-2-7-17(19(21)24-14)15-3-5-16(6-4-15)20(28)27-10-8-26(9-11-27)12-18-22-13-23-25-18/h2-7,13H,8-12H2,1H3,(H2,21,24)(H,22,23,25). The van der Waals surface area contributed by atoms with E-state index in [9.17, 15) is 4.79 Å². The number of nitrogens with one attached hydrogen (secondary N) is 1. The average molecular weight is 377 g/mol. The molecule has 4 rings (SSSR count). The Balaban J connectivity index is 1.39. The van der Waals surface area contributed by atoms with Crippen LogP contribution in [-0.2, 0) is 6.54 Å². The SMILES string of the molecule is Cc1ccc(-c2ccc(C(=O)N3CCN(Cc4ncn[nH]4)CC3)cc2)c(N)n1. The Morgan fingerprint density at radius 1 is 1.11 bits per heavy atom. The maximum Gasteiger partial charge on any atom is 0.253 e. The zero-order chi connectivity index (χ0) is 19.5. The minimum atomic E-state index is 0.0564. The van der Waals surface area contributed by atoms with Gasteiger partial charge >= 0.3 is 0 Å². The van der Waals surface area contributed by atoms with Crippen molar-refractivity contribution in [2.24, 2.45) is 0 Å². The van der Waals surface area contributed by atoms with Crippen LogP contribution in [-0.4, -0.2) is 62.1 Å².